The normalized spacial score (nSPS) is 10.1. The second-order valence-electron chi connectivity index (χ2n) is 3.43. The Morgan fingerprint density at radius 1 is 1.00 bits per heavy atom. The summed E-state index contributed by atoms with van der Waals surface area (Å²) in [5.41, 5.74) is -0.00446. The highest BCUT2D eigenvalue weighted by Gasteiger charge is 2.20. The van der Waals surface area contributed by atoms with E-state index >= 15 is 0 Å². The van der Waals surface area contributed by atoms with E-state index in [0.717, 1.165) is 12.4 Å². The molecule has 0 atom stereocenters. The topological polar surface area (TPSA) is 80.2 Å². The zero-order valence-corrected chi connectivity index (χ0v) is 9.76. The molecule has 0 unspecified atom stereocenters. The van der Waals surface area contributed by atoms with Crippen LogP contribution in [-0.2, 0) is 0 Å². The highest BCUT2D eigenvalue weighted by Crippen LogP contribution is 2.20. The van der Waals surface area contributed by atoms with Gasteiger partial charge in [0.2, 0.25) is 0 Å². The van der Waals surface area contributed by atoms with Gasteiger partial charge in [0.15, 0.2) is 5.78 Å². The fraction of sp³-hybridized carbons (Fsp3) is 0. The van der Waals surface area contributed by atoms with Crippen molar-refractivity contribution < 1.29 is 14.7 Å². The van der Waals surface area contributed by atoms with Gasteiger partial charge >= 0.3 is 5.97 Å². The van der Waals surface area contributed by atoms with Gasteiger partial charge in [-0.05, 0) is 12.1 Å². The Bertz CT molecular complexity index is 628. The Labute approximate surface area is 107 Å². The fourth-order valence-corrected chi connectivity index (χ4v) is 1.68. The molecule has 1 heterocycles. The molecule has 0 saturated carbocycles. The van der Waals surface area contributed by atoms with Crippen LogP contribution in [-0.4, -0.2) is 27.1 Å². The van der Waals surface area contributed by atoms with Crippen LogP contribution in [0, 0.1) is 0 Å². The van der Waals surface area contributed by atoms with Crippen molar-refractivity contribution in [2.75, 3.05) is 0 Å². The lowest BCUT2D eigenvalue weighted by Gasteiger charge is -2.05. The first-order chi connectivity index (χ1) is 8.61. The van der Waals surface area contributed by atoms with E-state index in [1.54, 1.807) is 18.2 Å². The second kappa shape index (κ2) is 4.93. The summed E-state index contributed by atoms with van der Waals surface area (Å²) < 4.78 is 0. The molecule has 90 valence electrons. The minimum atomic E-state index is -1.24. The molecule has 0 amide bonds. The molecule has 0 aliphatic carbocycles. The third-order valence-electron chi connectivity index (χ3n) is 2.32. The second-order valence-corrected chi connectivity index (χ2v) is 3.84. The number of carboxylic acids is 1. The lowest BCUT2D eigenvalue weighted by atomic mass is 10.0. The fourth-order valence-electron chi connectivity index (χ4n) is 1.46. The van der Waals surface area contributed by atoms with Crippen molar-refractivity contribution in [2.24, 2.45) is 0 Å². The lowest BCUT2D eigenvalue weighted by molar-refractivity contribution is 0.0692. The van der Waals surface area contributed by atoms with Crippen molar-refractivity contribution in [1.82, 2.24) is 10.2 Å². The van der Waals surface area contributed by atoms with Crippen LogP contribution < -0.4 is 0 Å². The first kappa shape index (κ1) is 12.2. The van der Waals surface area contributed by atoms with Crippen LogP contribution in [0.25, 0.3) is 0 Å². The maximum absolute atomic E-state index is 12.2. The lowest BCUT2D eigenvalue weighted by Crippen LogP contribution is -2.11. The largest absolute Gasteiger partial charge is 0.478 e. The minimum absolute atomic E-state index is 0.0365. The Hall–Kier alpha value is -2.27. The van der Waals surface area contributed by atoms with Gasteiger partial charge in [-0.1, -0.05) is 23.7 Å². The summed E-state index contributed by atoms with van der Waals surface area (Å²) in [6.45, 7) is 0. The van der Waals surface area contributed by atoms with Gasteiger partial charge < -0.3 is 5.11 Å². The summed E-state index contributed by atoms with van der Waals surface area (Å²) in [6, 6.07) is 6.41. The summed E-state index contributed by atoms with van der Waals surface area (Å²) in [7, 11) is 0. The molecule has 0 aliphatic rings. The molecule has 18 heavy (non-hydrogen) atoms. The number of aromatic carboxylic acids is 1. The van der Waals surface area contributed by atoms with Crippen LogP contribution in [0.4, 0.5) is 0 Å². The number of rotatable bonds is 3. The maximum atomic E-state index is 12.2. The van der Waals surface area contributed by atoms with Gasteiger partial charge in [0.05, 0.1) is 28.5 Å². The predicted molar refractivity (Wildman–Crippen MR) is 63.9 cm³/mol. The van der Waals surface area contributed by atoms with E-state index in [0.29, 0.717) is 0 Å². The molecule has 1 aromatic heterocycles. The third-order valence-corrected chi connectivity index (χ3v) is 2.65. The summed E-state index contributed by atoms with van der Waals surface area (Å²) in [5, 5.41) is 16.2. The molecular formula is C12H7ClN2O3. The third kappa shape index (κ3) is 2.21. The van der Waals surface area contributed by atoms with Crippen LogP contribution in [0.15, 0.2) is 36.7 Å². The van der Waals surface area contributed by atoms with Crippen molar-refractivity contribution in [3.63, 3.8) is 0 Å². The average Bonchev–Trinajstić information content (AvgIpc) is 2.38. The van der Waals surface area contributed by atoms with E-state index in [2.05, 4.69) is 10.2 Å². The zero-order chi connectivity index (χ0) is 13.1. The van der Waals surface area contributed by atoms with Crippen LogP contribution >= 0.6 is 11.6 Å². The highest BCUT2D eigenvalue weighted by molar-refractivity contribution is 6.35. The molecule has 0 aliphatic heterocycles. The molecule has 0 fully saturated rings. The van der Waals surface area contributed by atoms with Gasteiger partial charge in [-0.3, -0.25) is 4.79 Å². The Morgan fingerprint density at radius 3 is 2.22 bits per heavy atom. The Balaban J connectivity index is 2.54. The highest BCUT2D eigenvalue weighted by atomic mass is 35.5. The van der Waals surface area contributed by atoms with Crippen molar-refractivity contribution in [1.29, 1.82) is 0 Å². The van der Waals surface area contributed by atoms with Crippen LogP contribution in [0.3, 0.4) is 0 Å². The number of nitrogens with zero attached hydrogens (tertiary/aromatic N) is 2. The standard InChI is InChI=1S/C12H7ClN2O3/c13-10-4-2-1-3-7(10)11(16)8-5-14-15-6-9(8)12(17)18/h1-6H,(H,17,18). The molecule has 6 heteroatoms. The Kier molecular flexibility index (Phi) is 3.34. The van der Waals surface area contributed by atoms with Crippen molar-refractivity contribution in [3.05, 3.63) is 58.4 Å². The zero-order valence-electron chi connectivity index (χ0n) is 9.00. The number of hydrogen-bond acceptors (Lipinski definition) is 4. The van der Waals surface area contributed by atoms with Crippen molar-refractivity contribution in [3.8, 4) is 0 Å². The number of ketones is 1. The van der Waals surface area contributed by atoms with E-state index in [9.17, 15) is 9.59 Å². The SMILES string of the molecule is O=C(O)c1cnncc1C(=O)c1ccccc1Cl. The van der Waals surface area contributed by atoms with Gasteiger partial charge in [-0.15, -0.1) is 0 Å². The summed E-state index contributed by atoms with van der Waals surface area (Å²) in [4.78, 5) is 23.2. The van der Waals surface area contributed by atoms with Gasteiger partial charge in [0, 0.05) is 5.56 Å². The molecule has 5 nitrogen and oxygen atoms in total. The first-order valence-corrected chi connectivity index (χ1v) is 5.32. The smallest absolute Gasteiger partial charge is 0.338 e. The van der Waals surface area contributed by atoms with Crippen LogP contribution in [0.5, 0.6) is 0 Å². The molecule has 1 aromatic carbocycles. The van der Waals surface area contributed by atoms with Gasteiger partial charge in [0.25, 0.3) is 0 Å². The van der Waals surface area contributed by atoms with E-state index in [1.807, 2.05) is 0 Å². The van der Waals surface area contributed by atoms with E-state index in [4.69, 9.17) is 16.7 Å². The van der Waals surface area contributed by atoms with Crippen LogP contribution in [0.2, 0.25) is 5.02 Å². The Morgan fingerprint density at radius 2 is 1.61 bits per heavy atom. The minimum Gasteiger partial charge on any atom is -0.478 e. The molecule has 0 saturated heterocycles. The van der Waals surface area contributed by atoms with Crippen molar-refractivity contribution in [2.45, 2.75) is 0 Å². The number of halogens is 1. The molecule has 2 aromatic rings. The first-order valence-electron chi connectivity index (χ1n) is 4.94. The quantitative estimate of drug-likeness (QED) is 0.857. The van der Waals surface area contributed by atoms with Gasteiger partial charge in [-0.25, -0.2) is 4.79 Å². The van der Waals surface area contributed by atoms with Gasteiger partial charge in [-0.2, -0.15) is 10.2 Å². The maximum Gasteiger partial charge on any atom is 0.338 e. The number of carbonyl (C=O) groups is 2. The van der Waals surface area contributed by atoms with E-state index in [-0.39, 0.29) is 21.7 Å². The molecular weight excluding hydrogens is 256 g/mol. The number of carbonyl (C=O) groups excluding carboxylic acids is 1. The molecule has 0 bridgehead atoms. The summed E-state index contributed by atoms with van der Waals surface area (Å²) in [5.74, 6) is -1.73. The summed E-state index contributed by atoms with van der Waals surface area (Å²) in [6.07, 6.45) is 2.15. The van der Waals surface area contributed by atoms with E-state index < -0.39 is 11.8 Å². The molecule has 1 N–H and O–H groups in total. The summed E-state index contributed by atoms with van der Waals surface area (Å²) >= 11 is 5.90. The molecule has 0 radical (unpaired) electrons. The number of benzene rings is 1. The van der Waals surface area contributed by atoms with Crippen molar-refractivity contribution >= 4 is 23.4 Å². The number of hydrogen-bond donors (Lipinski definition) is 1. The van der Waals surface area contributed by atoms with Crippen LogP contribution in [0.1, 0.15) is 26.3 Å². The monoisotopic (exact) mass is 262 g/mol. The number of aromatic nitrogens is 2. The number of carboxylic acid groups (broad SMARTS) is 1. The average molecular weight is 263 g/mol. The molecule has 0 spiro atoms. The van der Waals surface area contributed by atoms with Gasteiger partial charge in [0.1, 0.15) is 0 Å². The van der Waals surface area contributed by atoms with E-state index in [1.165, 1.54) is 6.07 Å². The predicted octanol–water partition coefficient (Wildman–Crippen LogP) is 2.06. The molecule has 2 rings (SSSR count).